The van der Waals surface area contributed by atoms with Gasteiger partial charge in [0.15, 0.2) is 0 Å². The predicted molar refractivity (Wildman–Crippen MR) is 94.8 cm³/mol. The Kier molecular flexibility index (Phi) is 6.21. The molecule has 0 bridgehead atoms. The number of nitrogens with one attached hydrogen (secondary N) is 1. The number of amides is 2. The first kappa shape index (κ1) is 18.8. The molecule has 0 radical (unpaired) electrons. The number of ether oxygens (including phenoxy) is 1. The summed E-state index contributed by atoms with van der Waals surface area (Å²) in [4.78, 5) is 28.9. The third-order valence-electron chi connectivity index (χ3n) is 5.24. The fourth-order valence-corrected chi connectivity index (χ4v) is 3.63. The van der Waals surface area contributed by atoms with Crippen molar-refractivity contribution in [3.05, 3.63) is 35.6 Å². The average molecular weight is 363 g/mol. The van der Waals surface area contributed by atoms with E-state index in [0.717, 1.165) is 18.4 Å². The van der Waals surface area contributed by atoms with Crippen molar-refractivity contribution in [2.24, 2.45) is 0 Å². The Morgan fingerprint density at radius 1 is 1.23 bits per heavy atom. The van der Waals surface area contributed by atoms with Crippen LogP contribution in [0.4, 0.5) is 4.39 Å². The molecule has 0 saturated carbocycles. The number of carbonyl (C=O) groups excluding carboxylic acids is 2. The molecule has 26 heavy (non-hydrogen) atoms. The lowest BCUT2D eigenvalue weighted by atomic mass is 10.0. The SMILES string of the molecule is COC1CCN(C(=O)CC2C(=O)NCCN2Cc2ccc(F)cc2)CC1. The van der Waals surface area contributed by atoms with Crippen LogP contribution >= 0.6 is 0 Å². The van der Waals surface area contributed by atoms with E-state index in [2.05, 4.69) is 5.32 Å². The van der Waals surface area contributed by atoms with E-state index in [4.69, 9.17) is 4.74 Å². The Morgan fingerprint density at radius 3 is 2.58 bits per heavy atom. The average Bonchev–Trinajstić information content (AvgIpc) is 2.66. The van der Waals surface area contributed by atoms with E-state index in [0.29, 0.717) is 32.7 Å². The third kappa shape index (κ3) is 4.59. The van der Waals surface area contributed by atoms with E-state index in [1.54, 1.807) is 19.2 Å². The van der Waals surface area contributed by atoms with Crippen molar-refractivity contribution in [3.8, 4) is 0 Å². The number of methoxy groups -OCH3 is 1. The molecule has 1 atom stereocenters. The van der Waals surface area contributed by atoms with Gasteiger partial charge in [-0.1, -0.05) is 12.1 Å². The molecule has 2 amide bonds. The number of halogens is 1. The zero-order valence-electron chi connectivity index (χ0n) is 15.1. The smallest absolute Gasteiger partial charge is 0.237 e. The van der Waals surface area contributed by atoms with Crippen LogP contribution in [0.2, 0.25) is 0 Å². The molecule has 2 saturated heterocycles. The third-order valence-corrected chi connectivity index (χ3v) is 5.24. The van der Waals surface area contributed by atoms with Crippen LogP contribution in [0.5, 0.6) is 0 Å². The summed E-state index contributed by atoms with van der Waals surface area (Å²) in [5.74, 6) is -0.388. The standard InChI is InChI=1S/C19H26FN3O3/c1-26-16-6-9-22(10-7-16)18(24)12-17-19(25)21-8-11-23(17)13-14-2-4-15(20)5-3-14/h2-5,16-17H,6-13H2,1H3,(H,21,25). The number of hydrogen-bond acceptors (Lipinski definition) is 4. The molecule has 142 valence electrons. The van der Waals surface area contributed by atoms with Gasteiger partial charge in [0.2, 0.25) is 11.8 Å². The molecular formula is C19H26FN3O3. The summed E-state index contributed by atoms with van der Waals surface area (Å²) in [5, 5.41) is 2.85. The van der Waals surface area contributed by atoms with Gasteiger partial charge in [-0.15, -0.1) is 0 Å². The van der Waals surface area contributed by atoms with Crippen LogP contribution in [0.15, 0.2) is 24.3 Å². The summed E-state index contributed by atoms with van der Waals surface area (Å²) >= 11 is 0. The van der Waals surface area contributed by atoms with Crippen molar-refractivity contribution < 1.29 is 18.7 Å². The fourth-order valence-electron chi connectivity index (χ4n) is 3.63. The molecule has 2 aliphatic rings. The maximum Gasteiger partial charge on any atom is 0.237 e. The summed E-state index contributed by atoms with van der Waals surface area (Å²) in [5.41, 5.74) is 0.930. The second-order valence-electron chi connectivity index (χ2n) is 6.92. The highest BCUT2D eigenvalue weighted by Gasteiger charge is 2.33. The minimum atomic E-state index is -0.485. The Labute approximate surface area is 153 Å². The molecule has 1 N–H and O–H groups in total. The Bertz CT molecular complexity index is 629. The monoisotopic (exact) mass is 363 g/mol. The van der Waals surface area contributed by atoms with Gasteiger partial charge in [0.05, 0.1) is 18.6 Å². The molecule has 2 heterocycles. The molecule has 0 spiro atoms. The van der Waals surface area contributed by atoms with Gasteiger partial charge in [0.1, 0.15) is 5.82 Å². The normalized spacial score (nSPS) is 22.3. The summed E-state index contributed by atoms with van der Waals surface area (Å²) in [6, 6.07) is 5.78. The molecule has 1 aromatic carbocycles. The van der Waals surface area contributed by atoms with E-state index < -0.39 is 6.04 Å². The van der Waals surface area contributed by atoms with Crippen molar-refractivity contribution in [2.75, 3.05) is 33.3 Å². The van der Waals surface area contributed by atoms with Gasteiger partial charge in [0.25, 0.3) is 0 Å². The molecule has 7 heteroatoms. The number of benzene rings is 1. The zero-order chi connectivity index (χ0) is 18.5. The molecule has 1 unspecified atom stereocenters. The lowest BCUT2D eigenvalue weighted by Gasteiger charge is -2.37. The van der Waals surface area contributed by atoms with Crippen LogP contribution in [0.1, 0.15) is 24.8 Å². The fraction of sp³-hybridized carbons (Fsp3) is 0.579. The maximum absolute atomic E-state index is 13.1. The van der Waals surface area contributed by atoms with Crippen molar-refractivity contribution in [2.45, 2.75) is 38.0 Å². The van der Waals surface area contributed by atoms with Gasteiger partial charge in [-0.2, -0.15) is 0 Å². The molecule has 2 fully saturated rings. The quantitative estimate of drug-likeness (QED) is 0.853. The minimum absolute atomic E-state index is 0.00529. The van der Waals surface area contributed by atoms with E-state index in [1.165, 1.54) is 12.1 Å². The van der Waals surface area contributed by atoms with Gasteiger partial charge in [-0.25, -0.2) is 4.39 Å². The van der Waals surface area contributed by atoms with Gasteiger partial charge in [0, 0.05) is 39.8 Å². The first-order valence-corrected chi connectivity index (χ1v) is 9.13. The van der Waals surface area contributed by atoms with E-state index in [9.17, 15) is 14.0 Å². The molecule has 0 aromatic heterocycles. The van der Waals surface area contributed by atoms with Crippen LogP contribution in [-0.2, 0) is 20.9 Å². The van der Waals surface area contributed by atoms with Crippen LogP contribution in [-0.4, -0.2) is 67.0 Å². The highest BCUT2D eigenvalue weighted by atomic mass is 19.1. The van der Waals surface area contributed by atoms with Crippen LogP contribution in [0.3, 0.4) is 0 Å². The summed E-state index contributed by atoms with van der Waals surface area (Å²) < 4.78 is 18.4. The number of piperidine rings is 1. The number of likely N-dealkylation sites (tertiary alicyclic amines) is 1. The first-order chi connectivity index (χ1) is 12.6. The van der Waals surface area contributed by atoms with Gasteiger partial charge < -0.3 is 15.0 Å². The number of piperazine rings is 1. The number of hydrogen-bond donors (Lipinski definition) is 1. The molecule has 6 nitrogen and oxygen atoms in total. The first-order valence-electron chi connectivity index (χ1n) is 9.13. The van der Waals surface area contributed by atoms with Crippen molar-refractivity contribution in [3.63, 3.8) is 0 Å². The van der Waals surface area contributed by atoms with Gasteiger partial charge in [-0.05, 0) is 30.5 Å². The van der Waals surface area contributed by atoms with E-state index in [-0.39, 0.29) is 30.2 Å². The molecule has 3 rings (SSSR count). The Hall–Kier alpha value is -1.99. The van der Waals surface area contributed by atoms with Crippen LogP contribution in [0, 0.1) is 5.82 Å². The largest absolute Gasteiger partial charge is 0.381 e. The summed E-state index contributed by atoms with van der Waals surface area (Å²) in [6.45, 7) is 3.10. The molecular weight excluding hydrogens is 337 g/mol. The summed E-state index contributed by atoms with van der Waals surface area (Å²) in [6.07, 6.45) is 2.05. The second-order valence-corrected chi connectivity index (χ2v) is 6.92. The molecule has 1 aromatic rings. The summed E-state index contributed by atoms with van der Waals surface area (Å²) in [7, 11) is 1.70. The Balaban J connectivity index is 1.62. The predicted octanol–water partition coefficient (Wildman–Crippen LogP) is 1.15. The van der Waals surface area contributed by atoms with Crippen molar-refractivity contribution in [1.82, 2.24) is 15.1 Å². The number of carbonyl (C=O) groups is 2. The highest BCUT2D eigenvalue weighted by Crippen LogP contribution is 2.18. The van der Waals surface area contributed by atoms with Crippen LogP contribution < -0.4 is 5.32 Å². The van der Waals surface area contributed by atoms with E-state index >= 15 is 0 Å². The molecule has 0 aliphatic carbocycles. The Morgan fingerprint density at radius 2 is 1.92 bits per heavy atom. The second kappa shape index (κ2) is 8.60. The lowest BCUT2D eigenvalue weighted by molar-refractivity contribution is -0.140. The highest BCUT2D eigenvalue weighted by molar-refractivity contribution is 5.88. The molecule has 2 aliphatic heterocycles. The lowest BCUT2D eigenvalue weighted by Crippen LogP contribution is -2.56. The maximum atomic E-state index is 13.1. The van der Waals surface area contributed by atoms with Crippen LogP contribution in [0.25, 0.3) is 0 Å². The van der Waals surface area contributed by atoms with Crippen molar-refractivity contribution in [1.29, 1.82) is 0 Å². The van der Waals surface area contributed by atoms with E-state index in [1.807, 2.05) is 9.80 Å². The van der Waals surface area contributed by atoms with Gasteiger partial charge >= 0.3 is 0 Å². The van der Waals surface area contributed by atoms with Crippen molar-refractivity contribution >= 4 is 11.8 Å². The number of nitrogens with zero attached hydrogens (tertiary/aromatic N) is 2. The number of rotatable bonds is 5. The van der Waals surface area contributed by atoms with Gasteiger partial charge in [-0.3, -0.25) is 14.5 Å². The topological polar surface area (TPSA) is 61.9 Å². The zero-order valence-corrected chi connectivity index (χ0v) is 15.1. The minimum Gasteiger partial charge on any atom is -0.381 e.